The lowest BCUT2D eigenvalue weighted by Gasteiger charge is -2.19. The molecule has 1 heterocycles. The van der Waals surface area contributed by atoms with Crippen molar-refractivity contribution in [2.75, 3.05) is 5.75 Å². The molecule has 94 valence electrons. The fraction of sp³-hybridized carbons (Fsp3) is 0.500. The minimum absolute atomic E-state index is 0.189. The molecule has 1 atom stereocenters. The molecule has 0 bridgehead atoms. The second kappa shape index (κ2) is 5.33. The van der Waals surface area contributed by atoms with Crippen molar-refractivity contribution < 1.29 is 4.79 Å². The fourth-order valence-corrected chi connectivity index (χ4v) is 2.20. The van der Waals surface area contributed by atoms with Gasteiger partial charge in [0.15, 0.2) is 5.16 Å². The molecule has 0 spiro atoms. The van der Waals surface area contributed by atoms with Gasteiger partial charge in [0, 0.05) is 17.5 Å². The van der Waals surface area contributed by atoms with Crippen molar-refractivity contribution in [3.8, 4) is 0 Å². The van der Waals surface area contributed by atoms with Crippen molar-refractivity contribution in [1.29, 1.82) is 0 Å². The van der Waals surface area contributed by atoms with Gasteiger partial charge in [0.1, 0.15) is 0 Å². The van der Waals surface area contributed by atoms with E-state index in [-0.39, 0.29) is 5.56 Å². The summed E-state index contributed by atoms with van der Waals surface area (Å²) in [4.78, 5) is 28.9. The van der Waals surface area contributed by atoms with Gasteiger partial charge in [-0.15, -0.1) is 0 Å². The smallest absolute Gasteiger partial charge is 0.251 e. The number of carbonyl (C=O) groups is 1. The Labute approximate surface area is 103 Å². The van der Waals surface area contributed by atoms with E-state index >= 15 is 0 Å². The Balaban J connectivity index is 2.57. The molecule has 0 aromatic carbocycles. The molecular weight excluding hydrogens is 240 g/mol. The van der Waals surface area contributed by atoms with Crippen LogP contribution in [0.2, 0.25) is 0 Å². The molecule has 1 aromatic heterocycles. The van der Waals surface area contributed by atoms with Crippen LogP contribution in [-0.2, 0) is 4.79 Å². The highest BCUT2D eigenvalue weighted by atomic mass is 32.2. The van der Waals surface area contributed by atoms with Gasteiger partial charge in [-0.2, -0.15) is 0 Å². The van der Waals surface area contributed by atoms with Gasteiger partial charge >= 0.3 is 0 Å². The Kier molecular flexibility index (Phi) is 4.30. The van der Waals surface area contributed by atoms with E-state index < -0.39 is 11.4 Å². The number of primary amides is 1. The predicted molar refractivity (Wildman–Crippen MR) is 66.7 cm³/mol. The molecule has 0 aliphatic carbocycles. The summed E-state index contributed by atoms with van der Waals surface area (Å²) in [5.74, 6) is 0.0197. The second-order valence-corrected chi connectivity index (χ2v) is 5.16. The van der Waals surface area contributed by atoms with Crippen LogP contribution in [-0.4, -0.2) is 27.2 Å². The van der Waals surface area contributed by atoms with E-state index in [2.05, 4.69) is 9.97 Å². The van der Waals surface area contributed by atoms with Crippen LogP contribution >= 0.6 is 11.8 Å². The lowest BCUT2D eigenvalue weighted by atomic mass is 10.0. The van der Waals surface area contributed by atoms with Crippen LogP contribution in [0.4, 0.5) is 0 Å². The van der Waals surface area contributed by atoms with Crippen molar-refractivity contribution in [1.82, 2.24) is 9.97 Å². The fourth-order valence-electron chi connectivity index (χ4n) is 1.10. The first-order valence-corrected chi connectivity index (χ1v) is 6.09. The molecule has 1 rings (SSSR count). The summed E-state index contributed by atoms with van der Waals surface area (Å²) in [5.41, 5.74) is 10.3. The topological polar surface area (TPSA) is 115 Å². The maximum Gasteiger partial charge on any atom is 0.251 e. The molecule has 7 heteroatoms. The zero-order chi connectivity index (χ0) is 13.1. The van der Waals surface area contributed by atoms with E-state index in [9.17, 15) is 9.59 Å². The number of nitrogens with one attached hydrogen (secondary N) is 1. The maximum absolute atomic E-state index is 11.2. The summed E-state index contributed by atoms with van der Waals surface area (Å²) in [6.45, 7) is 3.33. The average Bonchev–Trinajstić information content (AvgIpc) is 2.15. The summed E-state index contributed by atoms with van der Waals surface area (Å²) in [5, 5.41) is 0.523. The first kappa shape index (κ1) is 13.7. The number of aromatic amines is 1. The molecule has 1 aromatic rings. The Hall–Kier alpha value is -1.34. The van der Waals surface area contributed by atoms with Crippen LogP contribution in [0.1, 0.15) is 19.0 Å². The number of hydrogen-bond acceptors (Lipinski definition) is 5. The number of hydrogen-bond donors (Lipinski definition) is 3. The molecule has 5 N–H and O–H groups in total. The van der Waals surface area contributed by atoms with Crippen molar-refractivity contribution in [2.24, 2.45) is 11.5 Å². The summed E-state index contributed by atoms with van der Waals surface area (Å²) in [6.07, 6.45) is 0.421. The van der Waals surface area contributed by atoms with Gasteiger partial charge in [0.2, 0.25) is 5.91 Å². The zero-order valence-electron chi connectivity index (χ0n) is 9.82. The summed E-state index contributed by atoms with van der Waals surface area (Å²) < 4.78 is 0. The summed E-state index contributed by atoms with van der Waals surface area (Å²) >= 11 is 1.34. The van der Waals surface area contributed by atoms with Crippen LogP contribution < -0.4 is 17.0 Å². The quantitative estimate of drug-likeness (QED) is 0.497. The molecule has 0 aliphatic rings. The summed E-state index contributed by atoms with van der Waals surface area (Å²) in [7, 11) is 0. The normalized spacial score (nSPS) is 14.3. The average molecular weight is 256 g/mol. The number of nitrogens with two attached hydrogens (primary N) is 2. The Bertz CT molecular complexity index is 470. The van der Waals surface area contributed by atoms with Gasteiger partial charge in [0.25, 0.3) is 5.56 Å². The van der Waals surface area contributed by atoms with Crippen LogP contribution in [0.5, 0.6) is 0 Å². The number of carbonyl (C=O) groups excluding carboxylic acids is 1. The molecule has 0 fully saturated rings. The standard InChI is InChI=1S/C10H16N4O2S/c1-6-5-7(15)14-9(13-6)17-4-3-10(2,12)8(11)16/h5H,3-4,12H2,1-2H3,(H2,11,16)(H,13,14,15). The van der Waals surface area contributed by atoms with Gasteiger partial charge < -0.3 is 16.5 Å². The molecule has 6 nitrogen and oxygen atoms in total. The predicted octanol–water partition coefficient (Wildman–Crippen LogP) is -0.237. The largest absolute Gasteiger partial charge is 0.368 e. The highest BCUT2D eigenvalue weighted by Gasteiger charge is 2.24. The monoisotopic (exact) mass is 256 g/mol. The number of aryl methyl sites for hydroxylation is 1. The molecule has 0 aliphatic heterocycles. The third kappa shape index (κ3) is 4.20. The van der Waals surface area contributed by atoms with E-state index in [0.717, 1.165) is 0 Å². The van der Waals surface area contributed by atoms with E-state index in [1.165, 1.54) is 17.8 Å². The number of H-pyrrole nitrogens is 1. The van der Waals surface area contributed by atoms with Crippen LogP contribution in [0.25, 0.3) is 0 Å². The zero-order valence-corrected chi connectivity index (χ0v) is 10.6. The Morgan fingerprint density at radius 2 is 2.29 bits per heavy atom. The number of nitrogens with zero attached hydrogens (tertiary/aromatic N) is 1. The number of rotatable bonds is 5. The van der Waals surface area contributed by atoms with Crippen molar-refractivity contribution in [3.05, 3.63) is 22.1 Å². The number of aromatic nitrogens is 2. The van der Waals surface area contributed by atoms with Crippen LogP contribution in [0.3, 0.4) is 0 Å². The van der Waals surface area contributed by atoms with Gasteiger partial charge in [0.05, 0.1) is 5.54 Å². The molecule has 1 amide bonds. The third-order valence-corrected chi connectivity index (χ3v) is 3.15. The van der Waals surface area contributed by atoms with Crippen molar-refractivity contribution >= 4 is 17.7 Å². The third-order valence-electron chi connectivity index (χ3n) is 2.27. The maximum atomic E-state index is 11.2. The molecule has 17 heavy (non-hydrogen) atoms. The first-order valence-electron chi connectivity index (χ1n) is 5.11. The van der Waals surface area contributed by atoms with Crippen molar-refractivity contribution in [2.45, 2.75) is 31.0 Å². The Morgan fingerprint density at radius 3 is 2.82 bits per heavy atom. The van der Waals surface area contributed by atoms with Gasteiger partial charge in [-0.05, 0) is 20.3 Å². The minimum atomic E-state index is -1.03. The Morgan fingerprint density at radius 1 is 1.65 bits per heavy atom. The lowest BCUT2D eigenvalue weighted by molar-refractivity contribution is -0.122. The van der Waals surface area contributed by atoms with E-state index in [0.29, 0.717) is 23.0 Å². The van der Waals surface area contributed by atoms with Gasteiger partial charge in [-0.3, -0.25) is 9.59 Å². The lowest BCUT2D eigenvalue weighted by Crippen LogP contribution is -2.49. The van der Waals surface area contributed by atoms with Crippen molar-refractivity contribution in [3.63, 3.8) is 0 Å². The molecular formula is C10H16N4O2S. The summed E-state index contributed by atoms with van der Waals surface area (Å²) in [6, 6.07) is 1.42. The van der Waals surface area contributed by atoms with Crippen LogP contribution in [0.15, 0.2) is 16.0 Å². The van der Waals surface area contributed by atoms with Crippen LogP contribution in [0, 0.1) is 6.92 Å². The molecule has 0 radical (unpaired) electrons. The highest BCUT2D eigenvalue weighted by molar-refractivity contribution is 7.99. The number of amides is 1. The molecule has 1 unspecified atom stereocenters. The van der Waals surface area contributed by atoms with Gasteiger partial charge in [-0.25, -0.2) is 4.98 Å². The molecule has 0 saturated carbocycles. The second-order valence-electron chi connectivity index (χ2n) is 4.07. The van der Waals surface area contributed by atoms with E-state index in [4.69, 9.17) is 11.5 Å². The van der Waals surface area contributed by atoms with E-state index in [1.54, 1.807) is 13.8 Å². The SMILES string of the molecule is Cc1cc(=O)[nH]c(SCCC(C)(N)C(N)=O)n1. The highest BCUT2D eigenvalue weighted by Crippen LogP contribution is 2.16. The minimum Gasteiger partial charge on any atom is -0.368 e. The molecule has 0 saturated heterocycles. The first-order chi connectivity index (χ1) is 7.81. The van der Waals surface area contributed by atoms with E-state index in [1.807, 2.05) is 0 Å². The number of thioether (sulfide) groups is 1. The van der Waals surface area contributed by atoms with Gasteiger partial charge in [-0.1, -0.05) is 11.8 Å².